The summed E-state index contributed by atoms with van der Waals surface area (Å²) < 4.78 is 1.44. The summed E-state index contributed by atoms with van der Waals surface area (Å²) in [6.45, 7) is 5.97. The Hall–Kier alpha value is -2.25. The lowest BCUT2D eigenvalue weighted by Crippen LogP contribution is -2.27. The molecule has 0 spiro atoms. The summed E-state index contributed by atoms with van der Waals surface area (Å²) in [5, 5.41) is 12.9. The van der Waals surface area contributed by atoms with Crippen molar-refractivity contribution >= 4 is 46.6 Å². The molecule has 0 saturated carbocycles. The van der Waals surface area contributed by atoms with Gasteiger partial charge < -0.3 is 10.6 Å². The molecule has 1 heterocycles. The Morgan fingerprint density at radius 1 is 1.19 bits per heavy atom. The number of hydrogen-bond acceptors (Lipinski definition) is 3. The molecule has 0 fully saturated rings. The van der Waals surface area contributed by atoms with Crippen molar-refractivity contribution in [1.29, 1.82) is 0 Å². The van der Waals surface area contributed by atoms with Gasteiger partial charge in [0.1, 0.15) is 12.4 Å². The fraction of sp³-hybridized carbons (Fsp3) is 0.353. The Morgan fingerprint density at radius 3 is 2.50 bits per heavy atom. The summed E-state index contributed by atoms with van der Waals surface area (Å²) in [6.07, 6.45) is 0. The number of aromatic nitrogens is 2. The van der Waals surface area contributed by atoms with Crippen LogP contribution in [-0.4, -0.2) is 28.8 Å². The second kappa shape index (κ2) is 7.97. The van der Waals surface area contributed by atoms with Crippen LogP contribution in [-0.2, 0) is 16.8 Å². The van der Waals surface area contributed by atoms with Crippen LogP contribution < -0.4 is 16.0 Å². The van der Waals surface area contributed by atoms with E-state index in [-0.39, 0.29) is 22.9 Å². The van der Waals surface area contributed by atoms with E-state index >= 15 is 0 Å². The summed E-state index contributed by atoms with van der Waals surface area (Å²) in [4.78, 5) is 24.1. The van der Waals surface area contributed by atoms with Crippen molar-refractivity contribution in [3.05, 3.63) is 40.0 Å². The molecule has 0 saturated heterocycles. The van der Waals surface area contributed by atoms with Crippen LogP contribution >= 0.6 is 23.2 Å². The van der Waals surface area contributed by atoms with E-state index in [0.29, 0.717) is 16.5 Å². The first-order valence-corrected chi connectivity index (χ1v) is 8.68. The SMILES string of the molecule is CNC(=O)Cn1nc(C(C)(C)C)cc1NC(=O)Nc1cccc(Cl)c1Cl. The molecule has 0 aliphatic carbocycles. The first-order valence-electron chi connectivity index (χ1n) is 7.92. The summed E-state index contributed by atoms with van der Waals surface area (Å²) in [7, 11) is 1.54. The summed E-state index contributed by atoms with van der Waals surface area (Å²) in [5.41, 5.74) is 0.888. The molecule has 0 aliphatic rings. The standard InChI is InChI=1S/C17H21Cl2N5O2/c1-17(2,3)12-8-13(24(23-12)9-14(25)20-4)22-16(26)21-11-7-5-6-10(18)15(11)19/h5-8H,9H2,1-4H3,(H,20,25)(H2,21,22,26). The van der Waals surface area contributed by atoms with E-state index in [1.54, 1.807) is 24.3 Å². The van der Waals surface area contributed by atoms with Crippen molar-refractivity contribution in [2.75, 3.05) is 17.7 Å². The molecule has 0 aliphatic heterocycles. The molecule has 0 bridgehead atoms. The minimum Gasteiger partial charge on any atom is -0.358 e. The maximum Gasteiger partial charge on any atom is 0.324 e. The van der Waals surface area contributed by atoms with Gasteiger partial charge in [0, 0.05) is 18.5 Å². The van der Waals surface area contributed by atoms with Gasteiger partial charge in [0.05, 0.1) is 21.4 Å². The highest BCUT2D eigenvalue weighted by Gasteiger charge is 2.22. The van der Waals surface area contributed by atoms with Crippen molar-refractivity contribution in [2.45, 2.75) is 32.7 Å². The average molecular weight is 398 g/mol. The van der Waals surface area contributed by atoms with Gasteiger partial charge in [0.15, 0.2) is 0 Å². The van der Waals surface area contributed by atoms with Crippen molar-refractivity contribution in [3.63, 3.8) is 0 Å². The second-order valence-electron chi connectivity index (χ2n) is 6.68. The molecule has 9 heteroatoms. The van der Waals surface area contributed by atoms with E-state index in [4.69, 9.17) is 23.2 Å². The van der Waals surface area contributed by atoms with E-state index in [0.717, 1.165) is 5.69 Å². The molecule has 2 rings (SSSR count). The first kappa shape index (κ1) is 20.1. The molecule has 7 nitrogen and oxygen atoms in total. The summed E-state index contributed by atoms with van der Waals surface area (Å²) in [5.74, 6) is 0.170. The zero-order valence-electron chi connectivity index (χ0n) is 15.0. The van der Waals surface area contributed by atoms with E-state index in [1.165, 1.54) is 11.7 Å². The van der Waals surface area contributed by atoms with Gasteiger partial charge in [-0.2, -0.15) is 5.10 Å². The third kappa shape index (κ3) is 4.89. The topological polar surface area (TPSA) is 88.1 Å². The lowest BCUT2D eigenvalue weighted by Gasteiger charge is -2.13. The largest absolute Gasteiger partial charge is 0.358 e. The number of halogens is 2. The molecular weight excluding hydrogens is 377 g/mol. The van der Waals surface area contributed by atoms with Gasteiger partial charge >= 0.3 is 6.03 Å². The molecule has 3 amide bonds. The number of hydrogen-bond donors (Lipinski definition) is 3. The lowest BCUT2D eigenvalue weighted by atomic mass is 9.92. The number of likely N-dealkylation sites (N-methyl/N-ethyl adjacent to an activating group) is 1. The quantitative estimate of drug-likeness (QED) is 0.731. The number of anilines is 2. The first-order chi connectivity index (χ1) is 12.1. The maximum absolute atomic E-state index is 12.3. The zero-order chi connectivity index (χ0) is 19.5. The number of benzene rings is 1. The normalized spacial score (nSPS) is 11.2. The van der Waals surface area contributed by atoms with E-state index in [9.17, 15) is 9.59 Å². The van der Waals surface area contributed by atoms with Crippen molar-refractivity contribution in [1.82, 2.24) is 15.1 Å². The molecule has 1 aromatic carbocycles. The number of carbonyl (C=O) groups excluding carboxylic acids is 2. The van der Waals surface area contributed by atoms with Gasteiger partial charge in [0.25, 0.3) is 0 Å². The van der Waals surface area contributed by atoms with Gasteiger partial charge in [-0.15, -0.1) is 0 Å². The fourth-order valence-corrected chi connectivity index (χ4v) is 2.44. The molecular formula is C17H21Cl2N5O2. The Labute approximate surface area is 162 Å². The number of carbonyl (C=O) groups is 2. The van der Waals surface area contributed by atoms with Gasteiger partial charge in [-0.3, -0.25) is 10.1 Å². The van der Waals surface area contributed by atoms with Crippen LogP contribution in [0.25, 0.3) is 0 Å². The molecule has 0 atom stereocenters. The summed E-state index contributed by atoms with van der Waals surface area (Å²) >= 11 is 12.0. The van der Waals surface area contributed by atoms with Crippen LogP contribution in [0.4, 0.5) is 16.3 Å². The number of nitrogens with zero attached hydrogens (tertiary/aromatic N) is 2. The van der Waals surface area contributed by atoms with E-state index < -0.39 is 6.03 Å². The van der Waals surface area contributed by atoms with Gasteiger partial charge in [0.2, 0.25) is 5.91 Å². The van der Waals surface area contributed by atoms with Crippen LogP contribution in [0.3, 0.4) is 0 Å². The monoisotopic (exact) mass is 397 g/mol. The third-order valence-corrected chi connectivity index (χ3v) is 4.38. The Balaban J connectivity index is 2.23. The van der Waals surface area contributed by atoms with Crippen LogP contribution in [0, 0.1) is 0 Å². The van der Waals surface area contributed by atoms with Crippen molar-refractivity contribution in [2.24, 2.45) is 0 Å². The molecule has 140 valence electrons. The predicted octanol–water partition coefficient (Wildman–Crippen LogP) is 3.88. The van der Waals surface area contributed by atoms with Crippen molar-refractivity contribution < 1.29 is 9.59 Å². The van der Waals surface area contributed by atoms with Crippen molar-refractivity contribution in [3.8, 4) is 0 Å². The van der Waals surface area contributed by atoms with Gasteiger partial charge in [-0.25, -0.2) is 9.48 Å². The maximum atomic E-state index is 12.3. The average Bonchev–Trinajstić information content (AvgIpc) is 2.94. The van der Waals surface area contributed by atoms with E-state index in [1.807, 2.05) is 20.8 Å². The van der Waals surface area contributed by atoms with Gasteiger partial charge in [-0.1, -0.05) is 50.0 Å². The molecule has 1 aromatic heterocycles. The molecule has 3 N–H and O–H groups in total. The Kier molecular flexibility index (Phi) is 6.15. The molecule has 2 aromatic rings. The minimum absolute atomic E-state index is 0.0138. The minimum atomic E-state index is -0.521. The van der Waals surface area contributed by atoms with Crippen LogP contribution in [0.2, 0.25) is 10.0 Å². The van der Waals surface area contributed by atoms with Crippen LogP contribution in [0.5, 0.6) is 0 Å². The van der Waals surface area contributed by atoms with Crippen LogP contribution in [0.1, 0.15) is 26.5 Å². The lowest BCUT2D eigenvalue weighted by molar-refractivity contribution is -0.121. The predicted molar refractivity (Wildman–Crippen MR) is 104 cm³/mol. The molecule has 0 radical (unpaired) electrons. The fourth-order valence-electron chi connectivity index (χ4n) is 2.09. The Bertz CT molecular complexity index is 827. The highest BCUT2D eigenvalue weighted by atomic mass is 35.5. The second-order valence-corrected chi connectivity index (χ2v) is 7.46. The highest BCUT2D eigenvalue weighted by Crippen LogP contribution is 2.30. The number of rotatable bonds is 4. The smallest absolute Gasteiger partial charge is 0.324 e. The van der Waals surface area contributed by atoms with Gasteiger partial charge in [-0.05, 0) is 12.1 Å². The number of nitrogens with one attached hydrogen (secondary N) is 3. The van der Waals surface area contributed by atoms with E-state index in [2.05, 4.69) is 21.0 Å². The molecule has 26 heavy (non-hydrogen) atoms. The summed E-state index contributed by atoms with van der Waals surface area (Å²) in [6, 6.07) is 6.16. The Morgan fingerprint density at radius 2 is 1.88 bits per heavy atom. The number of urea groups is 1. The highest BCUT2D eigenvalue weighted by molar-refractivity contribution is 6.44. The number of amides is 3. The zero-order valence-corrected chi connectivity index (χ0v) is 16.5. The molecule has 0 unspecified atom stereocenters. The van der Waals surface area contributed by atoms with Crippen LogP contribution in [0.15, 0.2) is 24.3 Å². The third-order valence-electron chi connectivity index (χ3n) is 3.56.